The van der Waals surface area contributed by atoms with Crippen molar-refractivity contribution in [2.75, 3.05) is 13.1 Å². The molecule has 4 heteroatoms. The van der Waals surface area contributed by atoms with E-state index in [-0.39, 0.29) is 5.56 Å². The SMILES string of the molecule is C1CCNCC1.O=c1cc[nH][nH]1. The van der Waals surface area contributed by atoms with Crippen LogP contribution in [0.2, 0.25) is 0 Å². The summed E-state index contributed by atoms with van der Waals surface area (Å²) in [5, 5.41) is 8.10. The number of rotatable bonds is 0. The van der Waals surface area contributed by atoms with Gasteiger partial charge in [-0.05, 0) is 25.9 Å². The third-order valence-electron chi connectivity index (χ3n) is 1.72. The molecule has 0 saturated carbocycles. The van der Waals surface area contributed by atoms with Gasteiger partial charge in [0, 0.05) is 12.3 Å². The van der Waals surface area contributed by atoms with Gasteiger partial charge in [0.15, 0.2) is 0 Å². The van der Waals surface area contributed by atoms with E-state index in [9.17, 15) is 4.79 Å². The summed E-state index contributed by atoms with van der Waals surface area (Å²) in [6.07, 6.45) is 5.76. The van der Waals surface area contributed by atoms with Crippen LogP contribution in [0, 0.1) is 0 Å². The lowest BCUT2D eigenvalue weighted by atomic mass is 10.2. The van der Waals surface area contributed by atoms with E-state index in [1.54, 1.807) is 6.20 Å². The average molecular weight is 169 g/mol. The third-order valence-corrected chi connectivity index (χ3v) is 1.72. The van der Waals surface area contributed by atoms with Gasteiger partial charge in [0.05, 0.1) is 0 Å². The zero-order chi connectivity index (χ0) is 8.65. The smallest absolute Gasteiger partial charge is 0.263 e. The fraction of sp³-hybridized carbons (Fsp3) is 0.625. The Balaban J connectivity index is 0.000000120. The van der Waals surface area contributed by atoms with Gasteiger partial charge >= 0.3 is 0 Å². The molecule has 1 aliphatic rings. The largest absolute Gasteiger partial charge is 0.317 e. The highest BCUT2D eigenvalue weighted by atomic mass is 16.1. The van der Waals surface area contributed by atoms with E-state index in [0.29, 0.717) is 0 Å². The maximum atomic E-state index is 9.98. The molecule has 2 heterocycles. The summed E-state index contributed by atoms with van der Waals surface area (Å²) < 4.78 is 0. The third kappa shape index (κ3) is 3.98. The lowest BCUT2D eigenvalue weighted by Gasteiger charge is -2.08. The van der Waals surface area contributed by atoms with Gasteiger partial charge in [-0.3, -0.25) is 9.89 Å². The summed E-state index contributed by atoms with van der Waals surface area (Å²) in [7, 11) is 0. The fourth-order valence-electron chi connectivity index (χ4n) is 1.07. The molecule has 2 rings (SSSR count). The first-order valence-corrected chi connectivity index (χ1v) is 4.32. The highest BCUT2D eigenvalue weighted by molar-refractivity contribution is 4.75. The van der Waals surface area contributed by atoms with E-state index in [0.717, 1.165) is 0 Å². The van der Waals surface area contributed by atoms with Gasteiger partial charge in [-0.25, -0.2) is 0 Å². The van der Waals surface area contributed by atoms with E-state index < -0.39 is 0 Å². The topological polar surface area (TPSA) is 60.7 Å². The Hall–Kier alpha value is -1.03. The van der Waals surface area contributed by atoms with Crippen LogP contribution >= 0.6 is 0 Å². The number of piperidine rings is 1. The minimum Gasteiger partial charge on any atom is -0.317 e. The van der Waals surface area contributed by atoms with Crippen molar-refractivity contribution in [3.8, 4) is 0 Å². The normalized spacial score (nSPS) is 16.3. The molecule has 0 unspecified atom stereocenters. The summed E-state index contributed by atoms with van der Waals surface area (Å²) in [4.78, 5) is 9.98. The molecule has 4 nitrogen and oxygen atoms in total. The van der Waals surface area contributed by atoms with E-state index >= 15 is 0 Å². The van der Waals surface area contributed by atoms with Crippen molar-refractivity contribution in [3.05, 3.63) is 22.6 Å². The highest BCUT2D eigenvalue weighted by Gasteiger charge is 1.93. The maximum Gasteiger partial charge on any atom is 0.263 e. The van der Waals surface area contributed by atoms with Crippen molar-refractivity contribution in [2.24, 2.45) is 0 Å². The quantitative estimate of drug-likeness (QED) is 0.528. The van der Waals surface area contributed by atoms with Gasteiger partial charge in [0.2, 0.25) is 0 Å². The van der Waals surface area contributed by atoms with Crippen LogP contribution in [0.15, 0.2) is 17.1 Å². The summed E-state index contributed by atoms with van der Waals surface area (Å²) in [5.41, 5.74) is -0.0880. The molecule has 0 spiro atoms. The molecule has 0 aromatic carbocycles. The van der Waals surface area contributed by atoms with Gasteiger partial charge < -0.3 is 10.4 Å². The van der Waals surface area contributed by atoms with Crippen LogP contribution in [0.3, 0.4) is 0 Å². The fourth-order valence-corrected chi connectivity index (χ4v) is 1.07. The van der Waals surface area contributed by atoms with Crippen LogP contribution in [0.5, 0.6) is 0 Å². The van der Waals surface area contributed by atoms with Crippen molar-refractivity contribution in [3.63, 3.8) is 0 Å². The minimum atomic E-state index is -0.0880. The van der Waals surface area contributed by atoms with Crippen molar-refractivity contribution in [2.45, 2.75) is 19.3 Å². The molecule has 0 aliphatic carbocycles. The first kappa shape index (κ1) is 9.06. The van der Waals surface area contributed by atoms with E-state index in [2.05, 4.69) is 15.5 Å². The van der Waals surface area contributed by atoms with E-state index in [1.807, 2.05) is 0 Å². The Labute approximate surface area is 71.4 Å². The van der Waals surface area contributed by atoms with Gasteiger partial charge in [-0.1, -0.05) is 6.42 Å². The first-order valence-electron chi connectivity index (χ1n) is 4.32. The Morgan fingerprint density at radius 1 is 1.17 bits per heavy atom. The number of H-pyrrole nitrogens is 2. The van der Waals surface area contributed by atoms with E-state index in [4.69, 9.17) is 0 Å². The van der Waals surface area contributed by atoms with Crippen molar-refractivity contribution < 1.29 is 0 Å². The lowest BCUT2D eigenvalue weighted by molar-refractivity contribution is 0.520. The summed E-state index contributed by atoms with van der Waals surface area (Å²) in [6, 6.07) is 1.42. The van der Waals surface area contributed by atoms with Gasteiger partial charge in [-0.15, -0.1) is 0 Å². The lowest BCUT2D eigenvalue weighted by Crippen LogP contribution is -2.21. The molecule has 12 heavy (non-hydrogen) atoms. The van der Waals surface area contributed by atoms with Crippen LogP contribution in [0.25, 0.3) is 0 Å². The first-order chi connectivity index (χ1) is 5.89. The Morgan fingerprint density at radius 3 is 2.08 bits per heavy atom. The standard InChI is InChI=1S/C5H11N.C3H4N2O/c1-2-4-6-5-3-1;6-3-1-2-4-5-3/h6H,1-5H2;1-2H,(H2,4,5,6). The zero-order valence-electron chi connectivity index (χ0n) is 7.10. The van der Waals surface area contributed by atoms with Crippen molar-refractivity contribution >= 4 is 0 Å². The molecule has 0 atom stereocenters. The number of hydrogen-bond acceptors (Lipinski definition) is 2. The Morgan fingerprint density at radius 2 is 1.92 bits per heavy atom. The Bertz CT molecular complexity index is 208. The molecular weight excluding hydrogens is 154 g/mol. The highest BCUT2D eigenvalue weighted by Crippen LogP contribution is 1.96. The number of aromatic nitrogens is 2. The molecule has 1 fully saturated rings. The van der Waals surface area contributed by atoms with Gasteiger partial charge in [0.25, 0.3) is 5.56 Å². The van der Waals surface area contributed by atoms with Crippen LogP contribution in [-0.2, 0) is 0 Å². The second-order valence-electron chi connectivity index (χ2n) is 2.78. The van der Waals surface area contributed by atoms with E-state index in [1.165, 1.54) is 38.4 Å². The predicted octanol–water partition coefficient (Wildman–Crippen LogP) is 0.463. The number of aromatic amines is 2. The molecule has 1 aromatic heterocycles. The summed E-state index contributed by atoms with van der Waals surface area (Å²) in [5.74, 6) is 0. The van der Waals surface area contributed by atoms with Crippen molar-refractivity contribution in [1.82, 2.24) is 15.5 Å². The second kappa shape index (κ2) is 5.60. The zero-order valence-corrected chi connectivity index (χ0v) is 7.10. The summed E-state index contributed by atoms with van der Waals surface area (Å²) >= 11 is 0. The summed E-state index contributed by atoms with van der Waals surface area (Å²) in [6.45, 7) is 2.50. The van der Waals surface area contributed by atoms with Gasteiger partial charge in [0.1, 0.15) is 0 Å². The second-order valence-corrected chi connectivity index (χ2v) is 2.78. The average Bonchev–Trinajstić information content (AvgIpc) is 2.60. The number of nitrogens with one attached hydrogen (secondary N) is 3. The van der Waals surface area contributed by atoms with Crippen LogP contribution in [-0.4, -0.2) is 23.3 Å². The molecular formula is C8H15N3O. The monoisotopic (exact) mass is 169 g/mol. The minimum absolute atomic E-state index is 0.0880. The molecule has 0 bridgehead atoms. The van der Waals surface area contributed by atoms with Crippen molar-refractivity contribution in [1.29, 1.82) is 0 Å². The molecule has 1 saturated heterocycles. The molecule has 0 radical (unpaired) electrons. The van der Waals surface area contributed by atoms with Gasteiger partial charge in [-0.2, -0.15) is 0 Å². The molecule has 1 aliphatic heterocycles. The van der Waals surface area contributed by atoms with Crippen LogP contribution in [0.1, 0.15) is 19.3 Å². The van der Waals surface area contributed by atoms with Crippen LogP contribution < -0.4 is 10.9 Å². The maximum absolute atomic E-state index is 9.98. The Kier molecular flexibility index (Phi) is 4.23. The predicted molar refractivity (Wildman–Crippen MR) is 48.1 cm³/mol. The molecule has 1 aromatic rings. The van der Waals surface area contributed by atoms with Crippen LogP contribution in [0.4, 0.5) is 0 Å². The number of hydrogen-bond donors (Lipinski definition) is 3. The molecule has 0 amide bonds. The molecule has 68 valence electrons. The molecule has 3 N–H and O–H groups in total.